The summed E-state index contributed by atoms with van der Waals surface area (Å²) >= 11 is 0. The van der Waals surface area contributed by atoms with Crippen LogP contribution in [0.25, 0.3) is 77.8 Å². The SMILES string of the molecule is [Ir].[c-]1ccc(-c2cccc(-c3cc(-c4cccnc4)cc(-c4cccnc4)c3)c2)cc1-c1ccccn1.[c-]1ccccc1-c1nccc2ccccc12. The Hall–Kier alpha value is -6.39. The van der Waals surface area contributed by atoms with E-state index in [1.54, 1.807) is 12.4 Å². The Balaban J connectivity index is 0.000000214. The zero-order valence-electron chi connectivity index (χ0n) is 28.6. The van der Waals surface area contributed by atoms with Gasteiger partial charge in [0.1, 0.15) is 0 Å². The van der Waals surface area contributed by atoms with Crippen molar-refractivity contribution in [1.82, 2.24) is 19.9 Å². The van der Waals surface area contributed by atoms with Crippen LogP contribution in [0, 0.1) is 12.1 Å². The zero-order chi connectivity index (χ0) is 35.0. The van der Waals surface area contributed by atoms with E-state index in [0.29, 0.717) is 0 Å². The van der Waals surface area contributed by atoms with E-state index in [4.69, 9.17) is 0 Å². The van der Waals surface area contributed by atoms with E-state index in [1.807, 2.05) is 104 Å². The molecule has 0 bridgehead atoms. The van der Waals surface area contributed by atoms with Gasteiger partial charge in [0.15, 0.2) is 0 Å². The van der Waals surface area contributed by atoms with Gasteiger partial charge < -0.3 is 9.97 Å². The van der Waals surface area contributed by atoms with Gasteiger partial charge in [0.25, 0.3) is 0 Å². The fraction of sp³-hybridized carbons (Fsp3) is 0. The molecular weight excluding hydrogens is 825 g/mol. The molecule has 9 aromatic rings. The summed E-state index contributed by atoms with van der Waals surface area (Å²) in [7, 11) is 0. The third kappa shape index (κ3) is 8.24. The average molecular weight is 857 g/mol. The van der Waals surface area contributed by atoms with Crippen molar-refractivity contribution in [3.8, 4) is 67.0 Å². The van der Waals surface area contributed by atoms with E-state index in [2.05, 4.69) is 111 Å². The summed E-state index contributed by atoms with van der Waals surface area (Å²) in [6.07, 6.45) is 11.1. The molecule has 0 amide bonds. The number of benzene rings is 5. The predicted octanol–water partition coefficient (Wildman–Crippen LogP) is 11.7. The number of fused-ring (bicyclic) bond motifs is 1. The summed E-state index contributed by atoms with van der Waals surface area (Å²) in [5.74, 6) is 0. The Labute approximate surface area is 323 Å². The van der Waals surface area contributed by atoms with Gasteiger partial charge in [-0.1, -0.05) is 66.7 Å². The first-order chi connectivity index (χ1) is 25.8. The summed E-state index contributed by atoms with van der Waals surface area (Å²) in [5.41, 5.74) is 12.9. The van der Waals surface area contributed by atoms with Gasteiger partial charge in [-0.25, -0.2) is 0 Å². The number of nitrogens with zero attached hydrogens (tertiary/aromatic N) is 4. The van der Waals surface area contributed by atoms with Crippen LogP contribution in [-0.4, -0.2) is 19.9 Å². The fourth-order valence-corrected chi connectivity index (χ4v) is 6.26. The van der Waals surface area contributed by atoms with Crippen LogP contribution in [-0.2, 0) is 20.1 Å². The molecule has 9 rings (SSSR count). The van der Waals surface area contributed by atoms with Crippen LogP contribution in [0.2, 0.25) is 0 Å². The molecule has 53 heavy (non-hydrogen) atoms. The molecule has 4 aromatic heterocycles. The van der Waals surface area contributed by atoms with E-state index in [0.717, 1.165) is 67.0 Å². The van der Waals surface area contributed by atoms with Gasteiger partial charge in [-0.3, -0.25) is 9.97 Å². The van der Waals surface area contributed by atoms with Crippen LogP contribution in [0.1, 0.15) is 0 Å². The second-order valence-corrected chi connectivity index (χ2v) is 12.2. The summed E-state index contributed by atoms with van der Waals surface area (Å²) in [6, 6.07) is 60.4. The van der Waals surface area contributed by atoms with Gasteiger partial charge in [-0.2, -0.15) is 0 Å². The smallest absolute Gasteiger partial charge is 0.0346 e. The predicted molar refractivity (Wildman–Crippen MR) is 212 cm³/mol. The second kappa shape index (κ2) is 16.8. The van der Waals surface area contributed by atoms with Crippen LogP contribution in [0.15, 0.2) is 195 Å². The average Bonchev–Trinajstić information content (AvgIpc) is 3.25. The Morgan fingerprint density at radius 2 is 1.00 bits per heavy atom. The molecule has 0 aliphatic heterocycles. The summed E-state index contributed by atoms with van der Waals surface area (Å²) in [5, 5.41) is 2.39. The first-order valence-electron chi connectivity index (χ1n) is 17.1. The molecule has 0 aliphatic carbocycles. The second-order valence-electron chi connectivity index (χ2n) is 12.2. The molecule has 0 N–H and O–H groups in total. The van der Waals surface area contributed by atoms with Gasteiger partial charge in [-0.05, 0) is 98.5 Å². The first kappa shape index (κ1) is 35.0. The zero-order valence-corrected chi connectivity index (χ0v) is 31.0. The summed E-state index contributed by atoms with van der Waals surface area (Å²) < 4.78 is 0. The monoisotopic (exact) mass is 857 g/mol. The quantitative estimate of drug-likeness (QED) is 0.156. The molecule has 0 saturated heterocycles. The molecule has 255 valence electrons. The summed E-state index contributed by atoms with van der Waals surface area (Å²) in [4.78, 5) is 17.6. The normalized spacial score (nSPS) is 10.5. The van der Waals surface area contributed by atoms with Crippen molar-refractivity contribution >= 4 is 10.8 Å². The fourth-order valence-electron chi connectivity index (χ4n) is 6.26. The van der Waals surface area contributed by atoms with Crippen molar-refractivity contribution < 1.29 is 20.1 Å². The Morgan fingerprint density at radius 1 is 0.377 bits per heavy atom. The van der Waals surface area contributed by atoms with Crippen molar-refractivity contribution in [2.75, 3.05) is 0 Å². The van der Waals surface area contributed by atoms with Gasteiger partial charge in [-0.15, -0.1) is 71.3 Å². The Morgan fingerprint density at radius 3 is 1.68 bits per heavy atom. The maximum atomic E-state index is 4.48. The topological polar surface area (TPSA) is 51.6 Å². The number of rotatable bonds is 6. The Kier molecular flexibility index (Phi) is 11.1. The van der Waals surface area contributed by atoms with Crippen LogP contribution < -0.4 is 0 Å². The molecule has 1 radical (unpaired) electrons. The number of hydrogen-bond acceptors (Lipinski definition) is 4. The molecule has 0 fully saturated rings. The Bertz CT molecular complexity index is 2500. The molecule has 0 aliphatic rings. The minimum atomic E-state index is 0. The minimum Gasteiger partial charge on any atom is -0.305 e. The van der Waals surface area contributed by atoms with Crippen LogP contribution in [0.5, 0.6) is 0 Å². The molecule has 0 unspecified atom stereocenters. The summed E-state index contributed by atoms with van der Waals surface area (Å²) in [6.45, 7) is 0. The molecular formula is C48H32IrN4-2. The van der Waals surface area contributed by atoms with Gasteiger partial charge in [0, 0.05) is 68.4 Å². The van der Waals surface area contributed by atoms with Gasteiger partial charge >= 0.3 is 0 Å². The number of aromatic nitrogens is 4. The van der Waals surface area contributed by atoms with E-state index < -0.39 is 0 Å². The first-order valence-corrected chi connectivity index (χ1v) is 17.1. The minimum absolute atomic E-state index is 0. The third-order valence-corrected chi connectivity index (χ3v) is 8.83. The molecule has 0 atom stereocenters. The van der Waals surface area contributed by atoms with Crippen molar-refractivity contribution in [1.29, 1.82) is 0 Å². The van der Waals surface area contributed by atoms with Crippen molar-refractivity contribution in [3.05, 3.63) is 207 Å². The molecule has 5 heteroatoms. The molecule has 4 nitrogen and oxygen atoms in total. The van der Waals surface area contributed by atoms with Gasteiger partial charge in [0.2, 0.25) is 0 Å². The van der Waals surface area contributed by atoms with Crippen LogP contribution in [0.3, 0.4) is 0 Å². The van der Waals surface area contributed by atoms with Crippen molar-refractivity contribution in [2.45, 2.75) is 0 Å². The molecule has 0 saturated carbocycles. The molecule has 0 spiro atoms. The number of pyridine rings is 4. The third-order valence-electron chi connectivity index (χ3n) is 8.83. The van der Waals surface area contributed by atoms with Crippen molar-refractivity contribution in [2.24, 2.45) is 0 Å². The van der Waals surface area contributed by atoms with E-state index >= 15 is 0 Å². The van der Waals surface area contributed by atoms with E-state index in [9.17, 15) is 0 Å². The van der Waals surface area contributed by atoms with Crippen LogP contribution in [0.4, 0.5) is 0 Å². The molecule has 4 heterocycles. The van der Waals surface area contributed by atoms with Crippen LogP contribution >= 0.6 is 0 Å². The van der Waals surface area contributed by atoms with Gasteiger partial charge in [0.05, 0.1) is 0 Å². The van der Waals surface area contributed by atoms with E-state index in [-0.39, 0.29) is 20.1 Å². The number of hydrogen-bond donors (Lipinski definition) is 0. The maximum absolute atomic E-state index is 4.48. The van der Waals surface area contributed by atoms with Crippen molar-refractivity contribution in [3.63, 3.8) is 0 Å². The largest absolute Gasteiger partial charge is 0.305 e. The maximum Gasteiger partial charge on any atom is 0.0346 e. The van der Waals surface area contributed by atoms with E-state index in [1.165, 1.54) is 10.8 Å². The molecule has 5 aromatic carbocycles. The standard InChI is InChI=1S/C33H22N3.C15H10N.Ir/c1-2-16-36-33(13-1)27-10-4-8-25(18-27)24-7-3-9-26(17-24)30-19-31(28-11-5-14-34-22-28)21-32(20-30)29-12-6-15-35-23-29;1-2-7-13(8-3-1)15-14-9-5-4-6-12(14)10-11-16-15;/h1-9,11-23H;1-7,9-11H;/q2*-1;.